The Balaban J connectivity index is 2.82. The van der Waals surface area contributed by atoms with E-state index in [2.05, 4.69) is 0 Å². The van der Waals surface area contributed by atoms with E-state index in [9.17, 15) is 5.11 Å². The van der Waals surface area contributed by atoms with Crippen molar-refractivity contribution in [2.24, 2.45) is 0 Å². The van der Waals surface area contributed by atoms with Gasteiger partial charge in [0.05, 0.1) is 22.8 Å². The maximum absolute atomic E-state index is 9.32. The normalized spacial score (nSPS) is 15.0. The summed E-state index contributed by atoms with van der Waals surface area (Å²) in [5, 5.41) is 19.1. The fourth-order valence-corrected chi connectivity index (χ4v) is 2.00. The highest BCUT2D eigenvalue weighted by molar-refractivity contribution is 6.42. The molecule has 0 aliphatic rings. The van der Waals surface area contributed by atoms with Crippen molar-refractivity contribution >= 4 is 23.2 Å². The van der Waals surface area contributed by atoms with Gasteiger partial charge in [-0.1, -0.05) is 42.3 Å². The predicted octanol–water partition coefficient (Wildman–Crippen LogP) is 2.84. The first-order chi connectivity index (χ1) is 7.06. The van der Waals surface area contributed by atoms with E-state index in [0.29, 0.717) is 16.5 Å². The Bertz CT molecular complexity index is 328. The lowest BCUT2D eigenvalue weighted by Crippen LogP contribution is -2.15. The van der Waals surface area contributed by atoms with E-state index >= 15 is 0 Å². The molecular formula is C11H14Cl2O2. The summed E-state index contributed by atoms with van der Waals surface area (Å²) in [5.41, 5.74) is 0.900. The molecule has 0 bridgehead atoms. The Morgan fingerprint density at radius 1 is 1.33 bits per heavy atom. The summed E-state index contributed by atoms with van der Waals surface area (Å²) >= 11 is 11.9. The van der Waals surface area contributed by atoms with E-state index in [-0.39, 0.29) is 12.5 Å². The molecule has 0 aliphatic carbocycles. The van der Waals surface area contributed by atoms with Crippen LogP contribution in [0.4, 0.5) is 0 Å². The quantitative estimate of drug-likeness (QED) is 0.861. The summed E-state index contributed by atoms with van der Waals surface area (Å²) in [4.78, 5) is 0. The summed E-state index contributed by atoms with van der Waals surface area (Å²) < 4.78 is 0. The first kappa shape index (κ1) is 12.8. The minimum Gasteiger partial charge on any atom is -0.394 e. The molecule has 0 heterocycles. The number of benzene rings is 1. The van der Waals surface area contributed by atoms with E-state index in [1.807, 2.05) is 19.1 Å². The lowest BCUT2D eigenvalue weighted by molar-refractivity contribution is 0.0835. The van der Waals surface area contributed by atoms with Gasteiger partial charge in [-0.05, 0) is 24.0 Å². The van der Waals surface area contributed by atoms with Gasteiger partial charge >= 0.3 is 0 Å². The van der Waals surface area contributed by atoms with Crippen molar-refractivity contribution in [2.75, 3.05) is 6.61 Å². The van der Waals surface area contributed by atoms with E-state index in [1.165, 1.54) is 0 Å². The lowest BCUT2D eigenvalue weighted by Gasteiger charge is -2.16. The number of aliphatic hydroxyl groups excluding tert-OH is 2. The van der Waals surface area contributed by atoms with Crippen LogP contribution in [0.15, 0.2) is 18.2 Å². The van der Waals surface area contributed by atoms with Crippen LogP contribution >= 0.6 is 23.2 Å². The number of aliphatic hydroxyl groups is 2. The molecule has 2 nitrogen and oxygen atoms in total. The third-order valence-corrected chi connectivity index (χ3v) is 3.18. The maximum Gasteiger partial charge on any atom is 0.0776 e. The van der Waals surface area contributed by atoms with Gasteiger partial charge in [-0.15, -0.1) is 0 Å². The van der Waals surface area contributed by atoms with E-state index in [4.69, 9.17) is 28.3 Å². The fourth-order valence-electron chi connectivity index (χ4n) is 1.51. The number of hydrogen-bond acceptors (Lipinski definition) is 2. The summed E-state index contributed by atoms with van der Waals surface area (Å²) in [7, 11) is 0. The van der Waals surface area contributed by atoms with E-state index in [0.717, 1.165) is 5.56 Å². The smallest absolute Gasteiger partial charge is 0.0776 e. The van der Waals surface area contributed by atoms with Gasteiger partial charge in [0, 0.05) is 0 Å². The molecule has 0 fully saturated rings. The standard InChI is InChI=1S/C11H14Cl2O2/c1-7(5-8(15)6-14)9-3-2-4-10(12)11(9)13/h2-4,7-8,14-15H,5-6H2,1H3. The van der Waals surface area contributed by atoms with Crippen molar-refractivity contribution in [3.8, 4) is 0 Å². The molecule has 1 aromatic rings. The highest BCUT2D eigenvalue weighted by Gasteiger charge is 2.15. The topological polar surface area (TPSA) is 40.5 Å². The molecule has 2 N–H and O–H groups in total. The van der Waals surface area contributed by atoms with E-state index in [1.54, 1.807) is 6.07 Å². The molecule has 0 saturated carbocycles. The monoisotopic (exact) mass is 248 g/mol. The first-order valence-electron chi connectivity index (χ1n) is 4.79. The Labute approximate surface area is 99.5 Å². The number of halogens is 2. The molecule has 0 saturated heterocycles. The molecule has 2 atom stereocenters. The predicted molar refractivity (Wildman–Crippen MR) is 62.6 cm³/mol. The molecule has 84 valence electrons. The van der Waals surface area contributed by atoms with Gasteiger partial charge in [0.15, 0.2) is 0 Å². The molecular weight excluding hydrogens is 235 g/mol. The zero-order valence-corrected chi connectivity index (χ0v) is 9.96. The number of rotatable bonds is 4. The molecule has 0 amide bonds. The van der Waals surface area contributed by atoms with Crippen LogP contribution in [0.5, 0.6) is 0 Å². The second kappa shape index (κ2) is 5.71. The van der Waals surface area contributed by atoms with E-state index < -0.39 is 6.10 Å². The summed E-state index contributed by atoms with van der Waals surface area (Å²) in [6.45, 7) is 1.71. The maximum atomic E-state index is 9.32. The van der Waals surface area contributed by atoms with Crippen LogP contribution in [0.2, 0.25) is 10.0 Å². The molecule has 0 aromatic heterocycles. The molecule has 0 radical (unpaired) electrons. The summed E-state index contributed by atoms with van der Waals surface area (Å²) in [6.07, 6.45) is -0.244. The Hall–Kier alpha value is -0.280. The van der Waals surface area contributed by atoms with Crippen molar-refractivity contribution in [3.05, 3.63) is 33.8 Å². The highest BCUT2D eigenvalue weighted by atomic mass is 35.5. The van der Waals surface area contributed by atoms with Crippen LogP contribution in [0.3, 0.4) is 0 Å². The minimum atomic E-state index is -0.713. The van der Waals surface area contributed by atoms with Crippen LogP contribution in [-0.2, 0) is 0 Å². The van der Waals surface area contributed by atoms with Crippen LogP contribution in [0, 0.1) is 0 Å². The molecule has 4 heteroatoms. The molecule has 1 aromatic carbocycles. The second-order valence-electron chi connectivity index (χ2n) is 3.62. The SMILES string of the molecule is CC(CC(O)CO)c1cccc(Cl)c1Cl. The van der Waals surface area contributed by atoms with Crippen LogP contribution in [-0.4, -0.2) is 22.9 Å². The van der Waals surface area contributed by atoms with Crippen molar-refractivity contribution in [1.29, 1.82) is 0 Å². The highest BCUT2D eigenvalue weighted by Crippen LogP contribution is 2.32. The first-order valence-corrected chi connectivity index (χ1v) is 5.54. The average molecular weight is 249 g/mol. The minimum absolute atomic E-state index is 0.0679. The Morgan fingerprint density at radius 3 is 2.60 bits per heavy atom. The average Bonchev–Trinajstić information content (AvgIpc) is 2.21. The van der Waals surface area contributed by atoms with Gasteiger partial charge < -0.3 is 10.2 Å². The molecule has 0 spiro atoms. The molecule has 2 unspecified atom stereocenters. The van der Waals surface area contributed by atoms with Crippen molar-refractivity contribution in [2.45, 2.75) is 25.4 Å². The van der Waals surface area contributed by atoms with Gasteiger partial charge in [-0.3, -0.25) is 0 Å². The van der Waals surface area contributed by atoms with Gasteiger partial charge in [-0.2, -0.15) is 0 Å². The largest absolute Gasteiger partial charge is 0.394 e. The third-order valence-electron chi connectivity index (χ3n) is 2.35. The summed E-state index contributed by atoms with van der Waals surface area (Å²) in [5.74, 6) is 0.0679. The molecule has 0 aliphatic heterocycles. The van der Waals surface area contributed by atoms with Crippen molar-refractivity contribution in [3.63, 3.8) is 0 Å². The van der Waals surface area contributed by atoms with Gasteiger partial charge in [-0.25, -0.2) is 0 Å². The third kappa shape index (κ3) is 3.35. The zero-order chi connectivity index (χ0) is 11.4. The Kier molecular flexibility index (Phi) is 4.87. The zero-order valence-electron chi connectivity index (χ0n) is 8.45. The molecule has 1 rings (SSSR count). The summed E-state index contributed by atoms with van der Waals surface area (Å²) in [6, 6.07) is 5.43. The van der Waals surface area contributed by atoms with Crippen LogP contribution in [0.1, 0.15) is 24.8 Å². The van der Waals surface area contributed by atoms with Gasteiger partial charge in [0.25, 0.3) is 0 Å². The van der Waals surface area contributed by atoms with Gasteiger partial charge in [0.2, 0.25) is 0 Å². The van der Waals surface area contributed by atoms with Crippen molar-refractivity contribution < 1.29 is 10.2 Å². The number of hydrogen-bond donors (Lipinski definition) is 2. The second-order valence-corrected chi connectivity index (χ2v) is 4.40. The van der Waals surface area contributed by atoms with Crippen LogP contribution < -0.4 is 0 Å². The molecule has 15 heavy (non-hydrogen) atoms. The lowest BCUT2D eigenvalue weighted by atomic mass is 9.95. The van der Waals surface area contributed by atoms with Gasteiger partial charge in [0.1, 0.15) is 0 Å². The van der Waals surface area contributed by atoms with Crippen molar-refractivity contribution in [1.82, 2.24) is 0 Å². The fraction of sp³-hybridized carbons (Fsp3) is 0.455. The Morgan fingerprint density at radius 2 is 2.00 bits per heavy atom. The van der Waals surface area contributed by atoms with Crippen LogP contribution in [0.25, 0.3) is 0 Å².